The van der Waals surface area contributed by atoms with Gasteiger partial charge in [0, 0.05) is 5.56 Å². The summed E-state index contributed by atoms with van der Waals surface area (Å²) in [6.07, 6.45) is -2.78. The number of hydrogen-bond donors (Lipinski definition) is 1. The van der Waals surface area contributed by atoms with Crippen LogP contribution in [0, 0.1) is 12.8 Å². The lowest BCUT2D eigenvalue weighted by Crippen LogP contribution is -2.03. The molecule has 112 valence electrons. The number of rotatable bonds is 3. The van der Waals surface area contributed by atoms with Crippen LogP contribution in [0.2, 0.25) is 0 Å². The second-order valence-electron chi connectivity index (χ2n) is 5.33. The summed E-state index contributed by atoms with van der Waals surface area (Å²) >= 11 is 1.36. The first kappa shape index (κ1) is 14.5. The van der Waals surface area contributed by atoms with E-state index in [9.17, 15) is 18.3 Å². The first-order chi connectivity index (χ1) is 9.86. The Labute approximate surface area is 124 Å². The van der Waals surface area contributed by atoms with E-state index < -0.39 is 17.8 Å². The summed E-state index contributed by atoms with van der Waals surface area (Å²) in [4.78, 5) is 5.21. The fourth-order valence-corrected chi connectivity index (χ4v) is 3.39. The maximum atomic E-state index is 12.5. The van der Waals surface area contributed by atoms with Crippen LogP contribution in [0.3, 0.4) is 0 Å². The van der Waals surface area contributed by atoms with Crippen molar-refractivity contribution < 1.29 is 18.3 Å². The molecule has 0 radical (unpaired) electrons. The highest BCUT2D eigenvalue weighted by atomic mass is 32.1. The molecule has 0 spiro atoms. The molecule has 2 nitrogen and oxygen atoms in total. The highest BCUT2D eigenvalue weighted by Crippen LogP contribution is 2.44. The normalized spacial score (nSPS) is 17.0. The average molecular weight is 313 g/mol. The van der Waals surface area contributed by atoms with Crippen molar-refractivity contribution in [3.8, 4) is 10.6 Å². The predicted molar refractivity (Wildman–Crippen MR) is 75.0 cm³/mol. The maximum Gasteiger partial charge on any atom is 0.416 e. The largest absolute Gasteiger partial charge is 0.416 e. The Kier molecular flexibility index (Phi) is 3.53. The minimum atomic E-state index is -4.33. The summed E-state index contributed by atoms with van der Waals surface area (Å²) in [5.41, 5.74) is 0.734. The highest BCUT2D eigenvalue weighted by Gasteiger charge is 2.33. The second kappa shape index (κ2) is 5.10. The van der Waals surface area contributed by atoms with Crippen LogP contribution in [0.5, 0.6) is 0 Å². The average Bonchev–Trinajstić information content (AvgIpc) is 3.20. The van der Waals surface area contributed by atoms with Crippen LogP contribution in [0.25, 0.3) is 10.6 Å². The molecule has 1 aliphatic rings. The topological polar surface area (TPSA) is 33.1 Å². The van der Waals surface area contributed by atoms with Crippen LogP contribution in [0.4, 0.5) is 13.2 Å². The number of aliphatic hydroxyl groups excluding tert-OH is 1. The van der Waals surface area contributed by atoms with Crippen molar-refractivity contribution in [2.75, 3.05) is 0 Å². The van der Waals surface area contributed by atoms with E-state index in [1.165, 1.54) is 23.5 Å². The minimum Gasteiger partial charge on any atom is -0.387 e. The fourth-order valence-electron chi connectivity index (χ4n) is 2.23. The third kappa shape index (κ3) is 2.96. The van der Waals surface area contributed by atoms with Crippen molar-refractivity contribution >= 4 is 11.3 Å². The number of aliphatic hydroxyl groups is 1. The van der Waals surface area contributed by atoms with Gasteiger partial charge in [-0.25, -0.2) is 4.98 Å². The van der Waals surface area contributed by atoms with Gasteiger partial charge in [-0.1, -0.05) is 12.1 Å². The number of halogens is 3. The maximum absolute atomic E-state index is 12.5. The van der Waals surface area contributed by atoms with Crippen LogP contribution in [0.15, 0.2) is 24.3 Å². The van der Waals surface area contributed by atoms with E-state index in [0.29, 0.717) is 16.5 Å². The molecule has 1 N–H and O–H groups in total. The molecule has 0 amide bonds. The highest BCUT2D eigenvalue weighted by molar-refractivity contribution is 7.15. The summed E-state index contributed by atoms with van der Waals surface area (Å²) in [5, 5.41) is 10.8. The lowest BCUT2D eigenvalue weighted by atomic mass is 10.1. The first-order valence-corrected chi connectivity index (χ1v) is 7.51. The SMILES string of the molecule is Cc1nc(-c2ccc(C(F)(F)F)cc2)sc1C(O)C1CC1. The number of alkyl halides is 3. The molecule has 0 aliphatic heterocycles. The molecule has 0 saturated heterocycles. The van der Waals surface area contributed by atoms with E-state index in [0.717, 1.165) is 35.5 Å². The summed E-state index contributed by atoms with van der Waals surface area (Å²) in [6, 6.07) is 4.97. The molecule has 2 aromatic rings. The van der Waals surface area contributed by atoms with Crippen LogP contribution >= 0.6 is 11.3 Å². The van der Waals surface area contributed by atoms with Gasteiger partial charge in [0.15, 0.2) is 0 Å². The predicted octanol–water partition coefficient (Wildman–Crippen LogP) is 4.58. The van der Waals surface area contributed by atoms with Gasteiger partial charge in [0.1, 0.15) is 5.01 Å². The zero-order valence-electron chi connectivity index (χ0n) is 11.3. The van der Waals surface area contributed by atoms with Gasteiger partial charge in [-0.05, 0) is 37.8 Å². The molecule has 3 rings (SSSR count). The molecule has 1 aromatic heterocycles. The van der Waals surface area contributed by atoms with E-state index in [2.05, 4.69) is 4.98 Å². The third-order valence-electron chi connectivity index (χ3n) is 3.63. The van der Waals surface area contributed by atoms with Crippen molar-refractivity contribution in [1.82, 2.24) is 4.98 Å². The van der Waals surface area contributed by atoms with Gasteiger partial charge in [0.05, 0.1) is 22.2 Å². The van der Waals surface area contributed by atoms with E-state index >= 15 is 0 Å². The number of benzene rings is 1. The fraction of sp³-hybridized carbons (Fsp3) is 0.400. The lowest BCUT2D eigenvalue weighted by Gasteiger charge is -2.06. The molecule has 1 heterocycles. The summed E-state index contributed by atoms with van der Waals surface area (Å²) in [6.45, 7) is 1.82. The molecule has 0 bridgehead atoms. The van der Waals surface area contributed by atoms with Crippen LogP contribution in [0.1, 0.15) is 35.1 Å². The quantitative estimate of drug-likeness (QED) is 0.899. The van der Waals surface area contributed by atoms with Gasteiger partial charge in [0.25, 0.3) is 0 Å². The van der Waals surface area contributed by atoms with Crippen molar-refractivity contribution in [2.24, 2.45) is 5.92 Å². The number of hydrogen-bond acceptors (Lipinski definition) is 3. The van der Waals surface area contributed by atoms with Gasteiger partial charge >= 0.3 is 6.18 Å². The number of aryl methyl sites for hydroxylation is 1. The molecule has 1 fully saturated rings. The Hall–Kier alpha value is -1.40. The number of thiazole rings is 1. The monoisotopic (exact) mass is 313 g/mol. The molecule has 1 saturated carbocycles. The first-order valence-electron chi connectivity index (χ1n) is 6.69. The van der Waals surface area contributed by atoms with Crippen molar-refractivity contribution in [1.29, 1.82) is 0 Å². The van der Waals surface area contributed by atoms with Crippen LogP contribution in [-0.4, -0.2) is 10.1 Å². The Balaban J connectivity index is 1.88. The second-order valence-corrected chi connectivity index (χ2v) is 6.36. The molecule has 1 unspecified atom stereocenters. The van der Waals surface area contributed by atoms with Crippen molar-refractivity contribution in [3.63, 3.8) is 0 Å². The van der Waals surface area contributed by atoms with Crippen molar-refractivity contribution in [2.45, 2.75) is 32.0 Å². The van der Waals surface area contributed by atoms with E-state index in [1.807, 2.05) is 6.92 Å². The van der Waals surface area contributed by atoms with E-state index in [-0.39, 0.29) is 0 Å². The lowest BCUT2D eigenvalue weighted by molar-refractivity contribution is -0.137. The van der Waals surface area contributed by atoms with E-state index in [1.54, 1.807) is 0 Å². The van der Waals surface area contributed by atoms with Gasteiger partial charge in [0.2, 0.25) is 0 Å². The molecular weight excluding hydrogens is 299 g/mol. The van der Waals surface area contributed by atoms with Gasteiger partial charge in [-0.2, -0.15) is 13.2 Å². The van der Waals surface area contributed by atoms with Gasteiger partial charge in [-0.3, -0.25) is 0 Å². The summed E-state index contributed by atoms with van der Waals surface area (Å²) < 4.78 is 37.6. The summed E-state index contributed by atoms with van der Waals surface area (Å²) in [5.74, 6) is 0.310. The Bertz CT molecular complexity index is 644. The van der Waals surface area contributed by atoms with Crippen LogP contribution in [-0.2, 0) is 6.18 Å². The van der Waals surface area contributed by atoms with E-state index in [4.69, 9.17) is 0 Å². The Morgan fingerprint density at radius 1 is 1.24 bits per heavy atom. The molecule has 6 heteroatoms. The molecule has 1 aromatic carbocycles. The van der Waals surface area contributed by atoms with Gasteiger partial charge < -0.3 is 5.11 Å². The zero-order valence-corrected chi connectivity index (χ0v) is 12.1. The Morgan fingerprint density at radius 2 is 1.86 bits per heavy atom. The van der Waals surface area contributed by atoms with Crippen LogP contribution < -0.4 is 0 Å². The summed E-state index contributed by atoms with van der Waals surface area (Å²) in [7, 11) is 0. The number of nitrogens with zero attached hydrogens (tertiary/aromatic N) is 1. The Morgan fingerprint density at radius 3 is 2.38 bits per heavy atom. The molecule has 21 heavy (non-hydrogen) atoms. The minimum absolute atomic E-state index is 0.310. The standard InChI is InChI=1S/C15H14F3NOS/c1-8-13(12(20)9-2-3-9)21-14(19-8)10-4-6-11(7-5-10)15(16,17)18/h4-7,9,12,20H,2-3H2,1H3. The van der Waals surface area contributed by atoms with Crippen molar-refractivity contribution in [3.05, 3.63) is 40.4 Å². The molecule has 1 aliphatic carbocycles. The van der Waals surface area contributed by atoms with Gasteiger partial charge in [-0.15, -0.1) is 11.3 Å². The molecular formula is C15H14F3NOS. The third-order valence-corrected chi connectivity index (χ3v) is 4.91. The molecule has 1 atom stereocenters. The number of aromatic nitrogens is 1. The smallest absolute Gasteiger partial charge is 0.387 e. The zero-order chi connectivity index (χ0) is 15.2.